The van der Waals surface area contributed by atoms with Crippen molar-refractivity contribution in [3.63, 3.8) is 0 Å². The standard InChI is InChI=1S/C10H10Cl3N3O2/c11-10(12,13)8(14-6-17)16-9(18)15-7-4-2-1-3-5-7/h1-6,8H,(H,14,17)(H2,15,16,18). The molecule has 0 fully saturated rings. The maximum absolute atomic E-state index is 11.6. The predicted molar refractivity (Wildman–Crippen MR) is 71.9 cm³/mol. The first-order chi connectivity index (χ1) is 8.43. The molecule has 3 amide bonds. The van der Waals surface area contributed by atoms with Crippen LogP contribution in [-0.4, -0.2) is 22.4 Å². The van der Waals surface area contributed by atoms with Gasteiger partial charge in [0.1, 0.15) is 0 Å². The fraction of sp³-hybridized carbons (Fsp3) is 0.200. The third kappa shape index (κ3) is 5.00. The van der Waals surface area contributed by atoms with Crippen molar-refractivity contribution in [2.45, 2.75) is 9.96 Å². The Kier molecular flexibility index (Phi) is 5.53. The maximum Gasteiger partial charge on any atom is 0.320 e. The van der Waals surface area contributed by atoms with Gasteiger partial charge in [-0.1, -0.05) is 53.0 Å². The second kappa shape index (κ2) is 6.68. The molecule has 0 aliphatic carbocycles. The highest BCUT2D eigenvalue weighted by atomic mass is 35.6. The number of nitrogens with one attached hydrogen (secondary N) is 3. The molecule has 0 radical (unpaired) electrons. The molecule has 3 N–H and O–H groups in total. The van der Waals surface area contributed by atoms with Crippen molar-refractivity contribution >= 4 is 52.9 Å². The molecule has 0 bridgehead atoms. The first kappa shape index (κ1) is 14.9. The number of alkyl halides is 3. The van der Waals surface area contributed by atoms with Crippen molar-refractivity contribution in [3.8, 4) is 0 Å². The van der Waals surface area contributed by atoms with E-state index in [0.717, 1.165) is 0 Å². The number of hydrogen-bond donors (Lipinski definition) is 3. The summed E-state index contributed by atoms with van der Waals surface area (Å²) < 4.78 is -1.85. The van der Waals surface area contributed by atoms with Gasteiger partial charge in [0.15, 0.2) is 6.17 Å². The number of para-hydroxylation sites is 1. The Hall–Kier alpha value is -1.17. The number of carbonyl (C=O) groups is 2. The van der Waals surface area contributed by atoms with Crippen LogP contribution in [0.15, 0.2) is 30.3 Å². The normalized spacial score (nSPS) is 12.4. The van der Waals surface area contributed by atoms with Crippen LogP contribution in [0.1, 0.15) is 0 Å². The van der Waals surface area contributed by atoms with Gasteiger partial charge in [0.05, 0.1) is 0 Å². The number of carbonyl (C=O) groups excluding carboxylic acids is 2. The molecule has 1 aromatic carbocycles. The summed E-state index contributed by atoms with van der Waals surface area (Å²) in [5.41, 5.74) is 0.573. The van der Waals surface area contributed by atoms with Crippen LogP contribution in [-0.2, 0) is 4.79 Å². The smallest absolute Gasteiger partial charge is 0.320 e. The Morgan fingerprint density at radius 1 is 1.22 bits per heavy atom. The first-order valence-electron chi connectivity index (χ1n) is 4.82. The number of benzene rings is 1. The number of halogens is 3. The topological polar surface area (TPSA) is 70.2 Å². The van der Waals surface area contributed by atoms with Gasteiger partial charge in [-0.3, -0.25) is 4.79 Å². The lowest BCUT2D eigenvalue weighted by atomic mass is 10.3. The maximum atomic E-state index is 11.6. The van der Waals surface area contributed by atoms with Gasteiger partial charge in [0.2, 0.25) is 10.2 Å². The Bertz CT molecular complexity index is 409. The van der Waals surface area contributed by atoms with Crippen LogP contribution in [0, 0.1) is 0 Å². The zero-order valence-corrected chi connectivity index (χ0v) is 11.3. The molecule has 0 aliphatic rings. The third-order valence-electron chi connectivity index (χ3n) is 1.87. The lowest BCUT2D eigenvalue weighted by Gasteiger charge is -2.24. The van der Waals surface area contributed by atoms with E-state index < -0.39 is 16.0 Å². The lowest BCUT2D eigenvalue weighted by molar-refractivity contribution is -0.110. The quantitative estimate of drug-likeness (QED) is 0.453. The monoisotopic (exact) mass is 309 g/mol. The first-order valence-corrected chi connectivity index (χ1v) is 5.96. The van der Waals surface area contributed by atoms with Crippen LogP contribution in [0.2, 0.25) is 0 Å². The second-order valence-electron chi connectivity index (χ2n) is 3.22. The molecule has 0 spiro atoms. The number of amides is 3. The van der Waals surface area contributed by atoms with E-state index in [9.17, 15) is 9.59 Å². The molecule has 0 aliphatic heterocycles. The van der Waals surface area contributed by atoms with Gasteiger partial charge in [0.25, 0.3) is 0 Å². The number of urea groups is 1. The zero-order valence-electron chi connectivity index (χ0n) is 8.99. The summed E-state index contributed by atoms with van der Waals surface area (Å²) in [4.78, 5) is 21.9. The van der Waals surface area contributed by atoms with Crippen molar-refractivity contribution in [1.29, 1.82) is 0 Å². The van der Waals surface area contributed by atoms with E-state index in [4.69, 9.17) is 34.8 Å². The Balaban J connectivity index is 2.59. The van der Waals surface area contributed by atoms with Crippen LogP contribution in [0.3, 0.4) is 0 Å². The molecule has 0 heterocycles. The Labute approximate surface area is 119 Å². The lowest BCUT2D eigenvalue weighted by Crippen LogP contribution is -2.54. The molecule has 1 aromatic rings. The molecule has 1 rings (SSSR count). The highest BCUT2D eigenvalue weighted by molar-refractivity contribution is 6.68. The molecule has 5 nitrogen and oxygen atoms in total. The fourth-order valence-electron chi connectivity index (χ4n) is 1.11. The SMILES string of the molecule is O=CNC(NC(=O)Nc1ccccc1)C(Cl)(Cl)Cl. The van der Waals surface area contributed by atoms with Crippen LogP contribution >= 0.6 is 34.8 Å². The van der Waals surface area contributed by atoms with Gasteiger partial charge >= 0.3 is 6.03 Å². The summed E-state index contributed by atoms with van der Waals surface area (Å²) in [7, 11) is 0. The largest absolute Gasteiger partial charge is 0.335 e. The van der Waals surface area contributed by atoms with Crippen LogP contribution in [0.4, 0.5) is 10.5 Å². The van der Waals surface area contributed by atoms with E-state index >= 15 is 0 Å². The number of hydrogen-bond acceptors (Lipinski definition) is 2. The van der Waals surface area contributed by atoms with Crippen molar-refractivity contribution in [2.24, 2.45) is 0 Å². The van der Waals surface area contributed by atoms with Crippen LogP contribution < -0.4 is 16.0 Å². The average Bonchev–Trinajstić information content (AvgIpc) is 2.28. The van der Waals surface area contributed by atoms with Gasteiger partial charge in [-0.05, 0) is 12.1 Å². The molecule has 1 atom stereocenters. The van der Waals surface area contributed by atoms with Crippen molar-refractivity contribution in [2.75, 3.05) is 5.32 Å². The Morgan fingerprint density at radius 3 is 2.33 bits per heavy atom. The number of rotatable bonds is 4. The molecule has 18 heavy (non-hydrogen) atoms. The summed E-state index contributed by atoms with van der Waals surface area (Å²) in [6.07, 6.45) is -0.807. The van der Waals surface area contributed by atoms with E-state index in [2.05, 4.69) is 16.0 Å². The van der Waals surface area contributed by atoms with Gasteiger partial charge in [-0.15, -0.1) is 0 Å². The predicted octanol–water partition coefficient (Wildman–Crippen LogP) is 2.25. The Morgan fingerprint density at radius 2 is 1.83 bits per heavy atom. The van der Waals surface area contributed by atoms with Crippen LogP contribution in [0.5, 0.6) is 0 Å². The summed E-state index contributed by atoms with van der Waals surface area (Å²) in [6, 6.07) is 8.10. The van der Waals surface area contributed by atoms with Gasteiger partial charge in [-0.25, -0.2) is 4.79 Å². The highest BCUT2D eigenvalue weighted by Crippen LogP contribution is 2.28. The molecule has 0 aromatic heterocycles. The van der Waals surface area contributed by atoms with Crippen molar-refractivity contribution in [1.82, 2.24) is 10.6 Å². The van der Waals surface area contributed by atoms with Crippen molar-refractivity contribution in [3.05, 3.63) is 30.3 Å². The fourth-order valence-corrected chi connectivity index (χ4v) is 1.46. The van der Waals surface area contributed by atoms with Crippen LogP contribution in [0.25, 0.3) is 0 Å². The van der Waals surface area contributed by atoms with Gasteiger partial charge in [-0.2, -0.15) is 0 Å². The summed E-state index contributed by atoms with van der Waals surface area (Å²) in [6.45, 7) is 0. The minimum atomic E-state index is -1.85. The summed E-state index contributed by atoms with van der Waals surface area (Å²) in [5.74, 6) is 0. The van der Waals surface area contributed by atoms with E-state index in [1.54, 1.807) is 30.3 Å². The summed E-state index contributed by atoms with van der Waals surface area (Å²) >= 11 is 16.8. The summed E-state index contributed by atoms with van der Waals surface area (Å²) in [5, 5.41) is 7.03. The molecule has 0 saturated carbocycles. The second-order valence-corrected chi connectivity index (χ2v) is 5.59. The number of anilines is 1. The third-order valence-corrected chi connectivity index (χ3v) is 2.52. The highest BCUT2D eigenvalue weighted by Gasteiger charge is 2.33. The van der Waals surface area contributed by atoms with E-state index in [1.165, 1.54) is 0 Å². The van der Waals surface area contributed by atoms with Gasteiger partial charge < -0.3 is 16.0 Å². The van der Waals surface area contributed by atoms with E-state index in [0.29, 0.717) is 12.1 Å². The van der Waals surface area contributed by atoms with Gasteiger partial charge in [0, 0.05) is 5.69 Å². The van der Waals surface area contributed by atoms with E-state index in [-0.39, 0.29) is 0 Å². The average molecular weight is 311 g/mol. The molecule has 8 heteroatoms. The molecular weight excluding hydrogens is 300 g/mol. The minimum absolute atomic E-state index is 0.329. The molecular formula is C10H10Cl3N3O2. The van der Waals surface area contributed by atoms with E-state index in [1.807, 2.05) is 0 Å². The molecule has 1 unspecified atom stereocenters. The molecule has 0 saturated heterocycles. The molecule has 98 valence electrons. The zero-order chi connectivity index (χ0) is 13.6. The minimum Gasteiger partial charge on any atom is -0.335 e. The van der Waals surface area contributed by atoms with Crippen molar-refractivity contribution < 1.29 is 9.59 Å².